The molecule has 128 valence electrons. The lowest BCUT2D eigenvalue weighted by Gasteiger charge is -2.30. The molecular weight excluding hydrogens is 326 g/mol. The molecule has 2 saturated heterocycles. The van der Waals surface area contributed by atoms with E-state index in [1.54, 1.807) is 4.52 Å². The van der Waals surface area contributed by atoms with Gasteiger partial charge in [-0.15, -0.1) is 5.10 Å². The quantitative estimate of drug-likeness (QED) is 0.826. The van der Waals surface area contributed by atoms with E-state index < -0.39 is 0 Å². The van der Waals surface area contributed by atoms with Crippen molar-refractivity contribution in [2.75, 3.05) is 31.1 Å². The maximum absolute atomic E-state index is 12.9. The van der Waals surface area contributed by atoms with Crippen LogP contribution in [0.25, 0.3) is 4.96 Å². The number of likely N-dealkylation sites (tertiary alicyclic amines) is 1. The predicted octanol–water partition coefficient (Wildman–Crippen LogP) is 1.62. The van der Waals surface area contributed by atoms with Crippen LogP contribution in [-0.2, 0) is 0 Å². The summed E-state index contributed by atoms with van der Waals surface area (Å²) in [4.78, 5) is 33.4. The standard InChI is InChI=1S/C16H21N5O2S/c1-11-4-8-19(9-5-11)14(23)12-10-13(22)17-15-21(12)18-16(24-15)20-6-2-3-7-20/h10-11H,2-9H2,1H3. The van der Waals surface area contributed by atoms with E-state index in [1.165, 1.54) is 17.4 Å². The molecule has 0 saturated carbocycles. The molecule has 0 atom stereocenters. The summed E-state index contributed by atoms with van der Waals surface area (Å²) in [6, 6.07) is 1.32. The fourth-order valence-electron chi connectivity index (χ4n) is 3.37. The fraction of sp³-hybridized carbons (Fsp3) is 0.625. The normalized spacial score (nSPS) is 19.4. The van der Waals surface area contributed by atoms with Gasteiger partial charge >= 0.3 is 0 Å². The highest BCUT2D eigenvalue weighted by molar-refractivity contribution is 7.20. The minimum absolute atomic E-state index is 0.116. The van der Waals surface area contributed by atoms with E-state index in [1.807, 2.05) is 4.90 Å². The summed E-state index contributed by atoms with van der Waals surface area (Å²) in [5.41, 5.74) is -0.0402. The summed E-state index contributed by atoms with van der Waals surface area (Å²) in [6.07, 6.45) is 4.31. The Morgan fingerprint density at radius 1 is 1.21 bits per heavy atom. The molecule has 0 radical (unpaired) electrons. The first-order chi connectivity index (χ1) is 11.6. The lowest BCUT2D eigenvalue weighted by atomic mass is 9.99. The molecule has 2 aliphatic rings. The first kappa shape index (κ1) is 15.6. The lowest BCUT2D eigenvalue weighted by molar-refractivity contribution is 0.0688. The monoisotopic (exact) mass is 347 g/mol. The van der Waals surface area contributed by atoms with Gasteiger partial charge in [-0.2, -0.15) is 9.50 Å². The van der Waals surface area contributed by atoms with Crippen LogP contribution < -0.4 is 10.5 Å². The van der Waals surface area contributed by atoms with Gasteiger partial charge in [-0.3, -0.25) is 9.59 Å². The van der Waals surface area contributed by atoms with Gasteiger partial charge in [0.2, 0.25) is 10.1 Å². The van der Waals surface area contributed by atoms with E-state index in [9.17, 15) is 9.59 Å². The molecule has 2 fully saturated rings. The van der Waals surface area contributed by atoms with Crippen LogP contribution in [0.15, 0.2) is 10.9 Å². The highest BCUT2D eigenvalue weighted by atomic mass is 32.1. The molecule has 0 aromatic carbocycles. The van der Waals surface area contributed by atoms with Crippen molar-refractivity contribution in [1.82, 2.24) is 19.5 Å². The number of hydrogen-bond acceptors (Lipinski definition) is 6. The second kappa shape index (κ2) is 6.16. The molecule has 0 N–H and O–H groups in total. The molecule has 0 unspecified atom stereocenters. The number of aromatic nitrogens is 3. The molecule has 8 heteroatoms. The summed E-state index contributed by atoms with van der Waals surface area (Å²) in [6.45, 7) is 5.62. The van der Waals surface area contributed by atoms with Gasteiger partial charge in [0.25, 0.3) is 11.5 Å². The van der Waals surface area contributed by atoms with E-state index in [4.69, 9.17) is 0 Å². The number of amides is 1. The second-order valence-corrected chi connectivity index (χ2v) is 7.66. The van der Waals surface area contributed by atoms with E-state index in [0.717, 1.165) is 57.0 Å². The van der Waals surface area contributed by atoms with Crippen LogP contribution in [0.4, 0.5) is 5.13 Å². The number of carbonyl (C=O) groups is 1. The van der Waals surface area contributed by atoms with E-state index in [2.05, 4.69) is 21.9 Å². The van der Waals surface area contributed by atoms with E-state index in [0.29, 0.717) is 16.6 Å². The maximum Gasteiger partial charge on any atom is 0.274 e. The van der Waals surface area contributed by atoms with Gasteiger partial charge in [0, 0.05) is 32.2 Å². The van der Waals surface area contributed by atoms with Crippen LogP contribution in [0.1, 0.15) is 43.1 Å². The first-order valence-corrected chi connectivity index (χ1v) is 9.38. The van der Waals surface area contributed by atoms with Crippen molar-refractivity contribution in [1.29, 1.82) is 0 Å². The Kier molecular flexibility index (Phi) is 3.99. The third kappa shape index (κ3) is 2.79. The van der Waals surface area contributed by atoms with Crippen molar-refractivity contribution in [3.05, 3.63) is 22.1 Å². The molecule has 0 bridgehead atoms. The fourth-order valence-corrected chi connectivity index (χ4v) is 4.33. The summed E-state index contributed by atoms with van der Waals surface area (Å²) in [7, 11) is 0. The minimum Gasteiger partial charge on any atom is -0.347 e. The largest absolute Gasteiger partial charge is 0.347 e. The van der Waals surface area contributed by atoms with Gasteiger partial charge in [-0.05, 0) is 31.6 Å². The van der Waals surface area contributed by atoms with Crippen molar-refractivity contribution >= 4 is 27.3 Å². The Bertz CT molecular complexity index is 815. The molecule has 0 spiro atoms. The molecule has 2 aliphatic heterocycles. The smallest absolute Gasteiger partial charge is 0.274 e. The van der Waals surface area contributed by atoms with Gasteiger partial charge in [0.15, 0.2) is 0 Å². The Labute approximate surface area is 143 Å². The van der Waals surface area contributed by atoms with E-state index >= 15 is 0 Å². The van der Waals surface area contributed by atoms with Crippen molar-refractivity contribution in [3.8, 4) is 0 Å². The number of fused-ring (bicyclic) bond motifs is 1. The zero-order valence-corrected chi connectivity index (χ0v) is 14.6. The highest BCUT2D eigenvalue weighted by Gasteiger charge is 2.26. The van der Waals surface area contributed by atoms with Gasteiger partial charge in [0.05, 0.1) is 0 Å². The number of hydrogen-bond donors (Lipinski definition) is 0. The van der Waals surface area contributed by atoms with Gasteiger partial charge < -0.3 is 9.80 Å². The molecular formula is C16H21N5O2S. The molecule has 2 aromatic rings. The van der Waals surface area contributed by atoms with Crippen LogP contribution in [0.3, 0.4) is 0 Å². The van der Waals surface area contributed by atoms with Gasteiger partial charge in [-0.25, -0.2) is 0 Å². The summed E-state index contributed by atoms with van der Waals surface area (Å²) >= 11 is 1.38. The second-order valence-electron chi connectivity index (χ2n) is 6.73. The molecule has 4 rings (SSSR count). The summed E-state index contributed by atoms with van der Waals surface area (Å²) < 4.78 is 1.56. The topological polar surface area (TPSA) is 70.8 Å². The number of anilines is 1. The molecule has 4 heterocycles. The molecule has 1 amide bonds. The van der Waals surface area contributed by atoms with Crippen LogP contribution in [0.5, 0.6) is 0 Å². The van der Waals surface area contributed by atoms with Crippen LogP contribution in [-0.4, -0.2) is 51.6 Å². The van der Waals surface area contributed by atoms with Crippen molar-refractivity contribution in [2.45, 2.75) is 32.6 Å². The van der Waals surface area contributed by atoms with Crippen LogP contribution in [0, 0.1) is 5.92 Å². The molecule has 7 nitrogen and oxygen atoms in total. The average molecular weight is 347 g/mol. The Hall–Kier alpha value is -1.96. The van der Waals surface area contributed by atoms with E-state index in [-0.39, 0.29) is 11.5 Å². The lowest BCUT2D eigenvalue weighted by Crippen LogP contribution is -2.39. The molecule has 24 heavy (non-hydrogen) atoms. The third-order valence-corrected chi connectivity index (χ3v) is 5.88. The Morgan fingerprint density at radius 3 is 2.62 bits per heavy atom. The molecule has 2 aromatic heterocycles. The van der Waals surface area contributed by atoms with Crippen molar-refractivity contribution < 1.29 is 4.79 Å². The number of rotatable bonds is 2. The number of piperidine rings is 1. The van der Waals surface area contributed by atoms with Gasteiger partial charge in [0.1, 0.15) is 5.69 Å². The Balaban J connectivity index is 1.71. The van der Waals surface area contributed by atoms with Crippen LogP contribution >= 0.6 is 11.3 Å². The maximum atomic E-state index is 12.9. The number of carbonyl (C=O) groups excluding carboxylic acids is 1. The number of nitrogens with zero attached hydrogens (tertiary/aromatic N) is 5. The van der Waals surface area contributed by atoms with Crippen molar-refractivity contribution in [3.63, 3.8) is 0 Å². The van der Waals surface area contributed by atoms with Crippen LogP contribution in [0.2, 0.25) is 0 Å². The minimum atomic E-state index is -0.375. The summed E-state index contributed by atoms with van der Waals surface area (Å²) in [5.74, 6) is 0.532. The van der Waals surface area contributed by atoms with Crippen molar-refractivity contribution in [2.24, 2.45) is 5.92 Å². The third-order valence-electron chi connectivity index (χ3n) is 4.91. The summed E-state index contributed by atoms with van der Waals surface area (Å²) in [5, 5.41) is 5.42. The first-order valence-electron chi connectivity index (χ1n) is 8.57. The average Bonchev–Trinajstić information content (AvgIpc) is 3.23. The predicted molar refractivity (Wildman–Crippen MR) is 92.9 cm³/mol. The zero-order chi connectivity index (χ0) is 16.7. The van der Waals surface area contributed by atoms with Gasteiger partial charge in [-0.1, -0.05) is 18.3 Å². The molecule has 0 aliphatic carbocycles. The zero-order valence-electron chi connectivity index (χ0n) is 13.8. The SMILES string of the molecule is CC1CCN(C(=O)c2cc(=O)nc3sc(N4CCCC4)nn23)CC1. The highest BCUT2D eigenvalue weighted by Crippen LogP contribution is 2.26. The Morgan fingerprint density at radius 2 is 1.92 bits per heavy atom.